The molecular weight excluding hydrogens is 142 g/mol. The van der Waals surface area contributed by atoms with Crippen LogP contribution in [-0.4, -0.2) is 17.6 Å². The Hall–Kier alpha value is -0.570. The van der Waals surface area contributed by atoms with Crippen molar-refractivity contribution in [1.82, 2.24) is 0 Å². The van der Waals surface area contributed by atoms with Crippen LogP contribution in [0.4, 0.5) is 0 Å². The van der Waals surface area contributed by atoms with Gasteiger partial charge in [0.1, 0.15) is 2.82 Å². The van der Waals surface area contributed by atoms with E-state index in [1.54, 1.807) is 13.8 Å². The van der Waals surface area contributed by atoms with E-state index in [2.05, 4.69) is 5.11 Å². The highest BCUT2D eigenvalue weighted by atomic mass is 16.4. The summed E-state index contributed by atoms with van der Waals surface area (Å²) in [4.78, 5) is 10.9. The number of aliphatic carboxylic acids is 1. The average molecular weight is 163 g/mol. The third kappa shape index (κ3) is 5.85. The van der Waals surface area contributed by atoms with E-state index in [0.29, 0.717) is 12.1 Å². The van der Waals surface area contributed by atoms with E-state index in [4.69, 9.17) is 5.63 Å². The van der Waals surface area contributed by atoms with Gasteiger partial charge in [0.15, 0.2) is 0 Å². The Morgan fingerprint density at radius 1 is 1.91 bits per heavy atom. The van der Waals surface area contributed by atoms with Crippen molar-refractivity contribution in [3.05, 3.63) is 0 Å². The zero-order valence-corrected chi connectivity index (χ0v) is 6.96. The van der Waals surface area contributed by atoms with E-state index >= 15 is 0 Å². The van der Waals surface area contributed by atoms with Gasteiger partial charge in [-0.05, 0) is 24.8 Å². The molecule has 0 amide bonds. The molecular formula is C8H17NO2. The summed E-state index contributed by atoms with van der Waals surface area (Å²) in [7, 11) is 0. The Balaban J connectivity index is 4.25. The summed E-state index contributed by atoms with van der Waals surface area (Å²) in [5, 5.41) is 3.79. The van der Waals surface area contributed by atoms with Gasteiger partial charge in [-0.25, -0.2) is 0 Å². The molecule has 0 rings (SSSR count). The lowest BCUT2D eigenvalue weighted by atomic mass is 9.94. The van der Waals surface area contributed by atoms with Crippen molar-refractivity contribution in [3.63, 3.8) is 0 Å². The molecule has 3 nitrogen and oxygen atoms in total. The first-order chi connectivity index (χ1) is 6.74. The van der Waals surface area contributed by atoms with Crippen molar-refractivity contribution in [2.45, 2.75) is 26.7 Å². The first kappa shape index (κ1) is 5.14. The number of carboxylic acid groups (broad SMARTS) is 1. The van der Waals surface area contributed by atoms with Gasteiger partial charge in [-0.15, -0.1) is 0 Å². The standard InChI is InChI=1S/C8H17NO2/c1-6(2)3-7(5-9)4-8(10)11/h6-7H,3-5,9H2,1-2H3,(H,10,11)/t7-/m0/s1/i6D/hD3. The predicted octanol–water partition coefficient (Wildman–Crippen LogP) is 1.08. The van der Waals surface area contributed by atoms with Crippen LogP contribution in [0.25, 0.3) is 1.43 Å². The molecule has 0 saturated heterocycles. The summed E-state index contributed by atoms with van der Waals surface area (Å²) in [6.45, 7) is 3.46. The van der Waals surface area contributed by atoms with Crippen molar-refractivity contribution in [2.24, 2.45) is 17.5 Å². The third-order valence-corrected chi connectivity index (χ3v) is 1.41. The van der Waals surface area contributed by atoms with Crippen molar-refractivity contribution in [3.8, 4) is 0 Å². The molecule has 0 aromatic heterocycles. The van der Waals surface area contributed by atoms with E-state index in [0.717, 1.165) is 0 Å². The highest BCUT2D eigenvalue weighted by Crippen LogP contribution is 2.13. The molecule has 0 aromatic carbocycles. The fraction of sp³-hybridized carbons (Fsp3) is 0.875. The van der Waals surface area contributed by atoms with E-state index in [-0.39, 0.29) is 18.9 Å². The van der Waals surface area contributed by atoms with Gasteiger partial charge in [-0.1, -0.05) is 13.8 Å². The second-order valence-corrected chi connectivity index (χ2v) is 3.04. The zero-order valence-electron chi connectivity index (χ0n) is 11.0. The molecule has 0 aliphatic heterocycles. The topological polar surface area (TPSA) is 63.3 Å². The molecule has 0 aromatic rings. The minimum Gasteiger partial charge on any atom is -0.481 e. The average Bonchev–Trinajstić information content (AvgIpc) is 1.99. The Bertz CT molecular complexity index is 205. The smallest absolute Gasteiger partial charge is 0.303 e. The van der Waals surface area contributed by atoms with Crippen LogP contribution in [0.15, 0.2) is 0 Å². The monoisotopic (exact) mass is 163 g/mol. The number of carboxylic acids is 1. The molecule has 1 atom stereocenters. The maximum atomic E-state index is 10.9. The number of nitrogens with two attached hydrogens (primary N) is 1. The van der Waals surface area contributed by atoms with Gasteiger partial charge in [0, 0.05) is 7.79 Å². The molecule has 3 N–H and O–H groups in total. The van der Waals surface area contributed by atoms with Gasteiger partial charge >= 0.3 is 5.97 Å². The van der Waals surface area contributed by atoms with Gasteiger partial charge < -0.3 is 10.8 Å². The summed E-state index contributed by atoms with van der Waals surface area (Å²) < 4.78 is 28.0. The molecule has 3 heteroatoms. The number of rotatable bonds is 6. The van der Waals surface area contributed by atoms with Crippen LogP contribution in [-0.2, 0) is 4.79 Å². The molecule has 0 radical (unpaired) electrons. The van der Waals surface area contributed by atoms with Crippen LogP contribution in [0.5, 0.6) is 0 Å². The minimum absolute atomic E-state index is 0.0277. The lowest BCUT2D eigenvalue weighted by molar-refractivity contribution is -0.138. The molecule has 0 bridgehead atoms. The van der Waals surface area contributed by atoms with E-state index in [1.807, 2.05) is 0 Å². The van der Waals surface area contributed by atoms with E-state index < -0.39 is 11.9 Å². The molecule has 11 heavy (non-hydrogen) atoms. The lowest BCUT2D eigenvalue weighted by Gasteiger charge is -2.13. The molecule has 0 fully saturated rings. The van der Waals surface area contributed by atoms with Gasteiger partial charge in [-0.3, -0.25) is 4.79 Å². The van der Waals surface area contributed by atoms with Crippen molar-refractivity contribution in [2.75, 3.05) is 6.54 Å². The molecule has 0 unspecified atom stereocenters. The summed E-state index contributed by atoms with van der Waals surface area (Å²) in [6, 6.07) is 0. The molecule has 0 aliphatic carbocycles. The Kier molecular flexibility index (Phi) is 2.40. The Morgan fingerprint density at radius 2 is 2.64 bits per heavy atom. The molecule has 0 aliphatic rings. The Labute approximate surface area is 73.4 Å². The maximum absolute atomic E-state index is 10.9. The second-order valence-electron chi connectivity index (χ2n) is 3.04. The molecule has 0 spiro atoms. The van der Waals surface area contributed by atoms with Gasteiger partial charge in [0.2, 0.25) is 0 Å². The highest BCUT2D eigenvalue weighted by molar-refractivity contribution is 5.67. The SMILES string of the molecule is [2H]OC(=O)C[C@@H](CN([2H])[2H])CC([2H])(C)C. The predicted molar refractivity (Wildman–Crippen MR) is 44.3 cm³/mol. The van der Waals surface area contributed by atoms with Crippen LogP contribution in [0.1, 0.15) is 28.1 Å². The van der Waals surface area contributed by atoms with E-state index in [1.165, 1.54) is 0 Å². The normalized spacial score (nSPS) is 19.5. The van der Waals surface area contributed by atoms with Gasteiger partial charge in [0.05, 0.1) is 0 Å². The third-order valence-electron chi connectivity index (χ3n) is 1.41. The van der Waals surface area contributed by atoms with Crippen LogP contribution in [0.2, 0.25) is 2.82 Å². The highest BCUT2D eigenvalue weighted by Gasteiger charge is 2.12. The number of hydrogen-bond acceptors (Lipinski definition) is 3. The summed E-state index contributed by atoms with van der Waals surface area (Å²) >= 11 is 0. The van der Waals surface area contributed by atoms with Crippen molar-refractivity contribution in [1.29, 1.82) is 1.43 Å². The van der Waals surface area contributed by atoms with Gasteiger partial charge in [0.25, 0.3) is 1.43 Å². The Morgan fingerprint density at radius 3 is 3.09 bits per heavy atom. The van der Waals surface area contributed by atoms with Crippen LogP contribution >= 0.6 is 0 Å². The second kappa shape index (κ2) is 5.13. The van der Waals surface area contributed by atoms with Crippen LogP contribution in [0, 0.1) is 11.8 Å². The fourth-order valence-corrected chi connectivity index (χ4v) is 1.01. The maximum Gasteiger partial charge on any atom is 0.303 e. The number of carbonyl (C=O) groups is 1. The minimum atomic E-state index is -0.719. The van der Waals surface area contributed by atoms with Crippen molar-refractivity contribution >= 4 is 5.97 Å². The molecule has 0 heterocycles. The number of hydrogen-bond donors (Lipinski definition) is 2. The summed E-state index contributed by atoms with van der Waals surface area (Å²) in [5.41, 5.74) is 0.480. The van der Waals surface area contributed by atoms with E-state index in [9.17, 15) is 4.79 Å². The van der Waals surface area contributed by atoms with Crippen LogP contribution in [0.3, 0.4) is 0 Å². The van der Waals surface area contributed by atoms with Crippen molar-refractivity contribution < 1.29 is 14.1 Å². The summed E-state index contributed by atoms with van der Waals surface area (Å²) in [5.74, 6) is -1.71. The first-order valence-electron chi connectivity index (χ1n) is 5.46. The zero-order chi connectivity index (χ0) is 12.1. The van der Waals surface area contributed by atoms with Gasteiger partial charge in [-0.2, -0.15) is 0 Å². The largest absolute Gasteiger partial charge is 0.481 e. The fourth-order valence-electron chi connectivity index (χ4n) is 1.01. The molecule has 0 saturated carbocycles. The first-order valence-corrected chi connectivity index (χ1v) is 3.66. The van der Waals surface area contributed by atoms with Crippen LogP contribution < -0.4 is 5.72 Å². The quantitative estimate of drug-likeness (QED) is 0.616. The lowest BCUT2D eigenvalue weighted by Crippen LogP contribution is -2.19. The molecule has 66 valence electrons. The summed E-state index contributed by atoms with van der Waals surface area (Å²) in [6.07, 6.45) is 0.358.